The average molecular weight is 168 g/mol. The van der Waals surface area contributed by atoms with Gasteiger partial charge in [-0.05, 0) is 12.8 Å². The molecule has 0 aliphatic carbocycles. The number of rotatable bonds is 3. The second-order valence-electron chi connectivity index (χ2n) is 2.88. The summed E-state index contributed by atoms with van der Waals surface area (Å²) in [6.07, 6.45) is 0. The summed E-state index contributed by atoms with van der Waals surface area (Å²) in [6, 6.07) is -0.147. The Bertz CT molecular complexity index is 188. The van der Waals surface area contributed by atoms with Crippen molar-refractivity contribution in [2.45, 2.75) is 20.8 Å². The average Bonchev–Trinajstić information content (AvgIpc) is 2.01. The predicted octanol–water partition coefficient (Wildman–Crippen LogP) is 0.965. The standard InChI is InChI=1S/C9H16N2O/c1-4-5-6-10-9(12)11-7-8(2)3/h8H,6-7H2,1-3H3,(H2,10,11,12). The third kappa shape index (κ3) is 6.94. The first-order chi connectivity index (χ1) is 5.66. The molecule has 68 valence electrons. The van der Waals surface area contributed by atoms with E-state index < -0.39 is 0 Å². The van der Waals surface area contributed by atoms with Gasteiger partial charge in [-0.1, -0.05) is 19.8 Å². The zero-order valence-corrected chi connectivity index (χ0v) is 7.90. The molecular weight excluding hydrogens is 152 g/mol. The van der Waals surface area contributed by atoms with Crippen LogP contribution < -0.4 is 10.6 Å². The van der Waals surface area contributed by atoms with Crippen LogP contribution in [0.5, 0.6) is 0 Å². The predicted molar refractivity (Wildman–Crippen MR) is 49.7 cm³/mol. The van der Waals surface area contributed by atoms with Crippen LogP contribution in [0.25, 0.3) is 0 Å². The first-order valence-corrected chi connectivity index (χ1v) is 4.08. The summed E-state index contributed by atoms with van der Waals surface area (Å²) in [6.45, 7) is 6.96. The molecule has 0 radical (unpaired) electrons. The summed E-state index contributed by atoms with van der Waals surface area (Å²) >= 11 is 0. The first kappa shape index (κ1) is 10.8. The number of nitrogens with one attached hydrogen (secondary N) is 2. The lowest BCUT2D eigenvalue weighted by Gasteiger charge is -2.06. The molecule has 0 fully saturated rings. The Morgan fingerprint density at radius 2 is 2.08 bits per heavy atom. The SMILES string of the molecule is CC#CCNC(=O)NCC(C)C. The van der Waals surface area contributed by atoms with Gasteiger partial charge in [-0.3, -0.25) is 0 Å². The maximum atomic E-state index is 10.9. The Labute approximate surface area is 73.9 Å². The van der Waals surface area contributed by atoms with Crippen LogP contribution in [0.15, 0.2) is 0 Å². The summed E-state index contributed by atoms with van der Waals surface area (Å²) in [7, 11) is 0. The minimum absolute atomic E-state index is 0.147. The summed E-state index contributed by atoms with van der Waals surface area (Å²) in [5.41, 5.74) is 0. The second-order valence-corrected chi connectivity index (χ2v) is 2.88. The lowest BCUT2D eigenvalue weighted by atomic mass is 10.2. The molecule has 2 amide bonds. The molecule has 3 heteroatoms. The van der Waals surface area contributed by atoms with Crippen molar-refractivity contribution in [3.05, 3.63) is 0 Å². The minimum atomic E-state index is -0.147. The molecule has 0 aromatic carbocycles. The van der Waals surface area contributed by atoms with Crippen molar-refractivity contribution < 1.29 is 4.79 Å². The van der Waals surface area contributed by atoms with Gasteiger partial charge in [-0.2, -0.15) is 0 Å². The van der Waals surface area contributed by atoms with E-state index in [1.54, 1.807) is 6.92 Å². The normalized spacial score (nSPS) is 8.67. The van der Waals surface area contributed by atoms with Crippen LogP contribution >= 0.6 is 0 Å². The van der Waals surface area contributed by atoms with Crippen molar-refractivity contribution in [1.29, 1.82) is 0 Å². The Morgan fingerprint density at radius 1 is 1.42 bits per heavy atom. The molecular formula is C9H16N2O. The first-order valence-electron chi connectivity index (χ1n) is 4.08. The van der Waals surface area contributed by atoms with Gasteiger partial charge in [0.25, 0.3) is 0 Å². The van der Waals surface area contributed by atoms with Gasteiger partial charge in [-0.15, -0.1) is 5.92 Å². The molecule has 0 aliphatic heterocycles. The lowest BCUT2D eigenvalue weighted by Crippen LogP contribution is -2.37. The molecule has 0 unspecified atom stereocenters. The Hall–Kier alpha value is -1.17. The number of hydrogen-bond acceptors (Lipinski definition) is 1. The van der Waals surface area contributed by atoms with Crippen molar-refractivity contribution in [2.24, 2.45) is 5.92 Å². The van der Waals surface area contributed by atoms with E-state index in [9.17, 15) is 4.79 Å². The van der Waals surface area contributed by atoms with E-state index in [2.05, 4.69) is 22.5 Å². The molecule has 0 aromatic heterocycles. The van der Waals surface area contributed by atoms with Crippen molar-refractivity contribution in [1.82, 2.24) is 10.6 Å². The fraction of sp³-hybridized carbons (Fsp3) is 0.667. The quantitative estimate of drug-likeness (QED) is 0.606. The lowest BCUT2D eigenvalue weighted by molar-refractivity contribution is 0.241. The molecule has 0 bridgehead atoms. The van der Waals surface area contributed by atoms with Gasteiger partial charge in [0.05, 0.1) is 6.54 Å². The zero-order valence-electron chi connectivity index (χ0n) is 7.90. The van der Waals surface area contributed by atoms with E-state index >= 15 is 0 Å². The second kappa shape index (κ2) is 6.53. The van der Waals surface area contributed by atoms with Crippen LogP contribution in [-0.2, 0) is 0 Å². The molecule has 12 heavy (non-hydrogen) atoms. The molecule has 0 saturated carbocycles. The van der Waals surface area contributed by atoms with Crippen LogP contribution in [0.4, 0.5) is 4.79 Å². The van der Waals surface area contributed by atoms with E-state index in [0.29, 0.717) is 19.0 Å². The van der Waals surface area contributed by atoms with Gasteiger partial charge in [0.15, 0.2) is 0 Å². The third-order valence-corrected chi connectivity index (χ3v) is 1.18. The Kier molecular flexibility index (Phi) is 5.90. The molecule has 0 atom stereocenters. The van der Waals surface area contributed by atoms with Crippen molar-refractivity contribution in [2.75, 3.05) is 13.1 Å². The van der Waals surface area contributed by atoms with Crippen LogP contribution in [-0.4, -0.2) is 19.1 Å². The monoisotopic (exact) mass is 168 g/mol. The topological polar surface area (TPSA) is 41.1 Å². The molecule has 0 aliphatic rings. The highest BCUT2D eigenvalue weighted by Crippen LogP contribution is 1.85. The van der Waals surface area contributed by atoms with Crippen molar-refractivity contribution in [3.63, 3.8) is 0 Å². The van der Waals surface area contributed by atoms with Gasteiger partial charge in [-0.25, -0.2) is 4.79 Å². The highest BCUT2D eigenvalue weighted by molar-refractivity contribution is 5.74. The molecule has 0 rings (SSSR count). The molecule has 0 spiro atoms. The fourth-order valence-corrected chi connectivity index (χ4v) is 0.572. The van der Waals surface area contributed by atoms with E-state index in [1.165, 1.54) is 0 Å². The van der Waals surface area contributed by atoms with Crippen LogP contribution in [0, 0.1) is 17.8 Å². The number of carbonyl (C=O) groups is 1. The molecule has 0 aromatic rings. The molecule has 0 saturated heterocycles. The fourth-order valence-electron chi connectivity index (χ4n) is 0.572. The van der Waals surface area contributed by atoms with Crippen molar-refractivity contribution >= 4 is 6.03 Å². The van der Waals surface area contributed by atoms with Gasteiger partial charge < -0.3 is 10.6 Å². The molecule has 3 nitrogen and oxygen atoms in total. The largest absolute Gasteiger partial charge is 0.338 e. The third-order valence-electron chi connectivity index (χ3n) is 1.18. The van der Waals surface area contributed by atoms with E-state index in [4.69, 9.17) is 0 Å². The van der Waals surface area contributed by atoms with Crippen molar-refractivity contribution in [3.8, 4) is 11.8 Å². The number of amides is 2. The van der Waals surface area contributed by atoms with Gasteiger partial charge in [0, 0.05) is 6.54 Å². The number of hydrogen-bond donors (Lipinski definition) is 2. The van der Waals surface area contributed by atoms with Gasteiger partial charge in [0.2, 0.25) is 0 Å². The zero-order chi connectivity index (χ0) is 9.40. The maximum Gasteiger partial charge on any atom is 0.315 e. The smallest absolute Gasteiger partial charge is 0.315 e. The Morgan fingerprint density at radius 3 is 2.58 bits per heavy atom. The number of carbonyl (C=O) groups excluding carboxylic acids is 1. The van der Waals surface area contributed by atoms with Crippen LogP contribution in [0.1, 0.15) is 20.8 Å². The summed E-state index contributed by atoms with van der Waals surface area (Å²) in [5, 5.41) is 5.34. The Balaban J connectivity index is 3.38. The summed E-state index contributed by atoms with van der Waals surface area (Å²) in [5.74, 6) is 5.92. The van der Waals surface area contributed by atoms with E-state index in [0.717, 1.165) is 0 Å². The highest BCUT2D eigenvalue weighted by Gasteiger charge is 1.98. The maximum absolute atomic E-state index is 10.9. The summed E-state index contributed by atoms with van der Waals surface area (Å²) in [4.78, 5) is 10.9. The van der Waals surface area contributed by atoms with E-state index in [1.807, 2.05) is 13.8 Å². The number of urea groups is 1. The van der Waals surface area contributed by atoms with Crippen LogP contribution in [0.2, 0.25) is 0 Å². The van der Waals surface area contributed by atoms with Gasteiger partial charge in [0.1, 0.15) is 0 Å². The molecule has 2 N–H and O–H groups in total. The molecule has 0 heterocycles. The van der Waals surface area contributed by atoms with Crippen LogP contribution in [0.3, 0.4) is 0 Å². The minimum Gasteiger partial charge on any atom is -0.338 e. The van der Waals surface area contributed by atoms with Gasteiger partial charge >= 0.3 is 6.03 Å². The highest BCUT2D eigenvalue weighted by atomic mass is 16.2. The van der Waals surface area contributed by atoms with E-state index in [-0.39, 0.29) is 6.03 Å². The summed E-state index contributed by atoms with van der Waals surface area (Å²) < 4.78 is 0.